The van der Waals surface area contributed by atoms with Crippen LogP contribution in [0.15, 0.2) is 35.7 Å². The first-order valence-electron chi connectivity index (χ1n) is 8.16. The zero-order valence-electron chi connectivity index (χ0n) is 14.2. The lowest BCUT2D eigenvalue weighted by Crippen LogP contribution is -2.45. The van der Waals surface area contributed by atoms with E-state index in [2.05, 4.69) is 5.32 Å². The number of carbonyl (C=O) groups excluding carboxylic acids is 2. The number of rotatable bonds is 6. The molecule has 0 bridgehead atoms. The van der Waals surface area contributed by atoms with Crippen LogP contribution in [0.2, 0.25) is 0 Å². The molecule has 1 aromatic heterocycles. The summed E-state index contributed by atoms with van der Waals surface area (Å²) in [7, 11) is 1.26. The standard InChI is InChI=1S/C19H20FNO3S/c1-19(18(23)24-2,14-5-3-4-6-15(14)20)11-21-17(22)16-13(9-10-25-16)12-7-8-12/h3-6,9-10,12H,7-8,11H2,1-2H3,(H,21,22). The molecule has 0 saturated heterocycles. The number of methoxy groups -OCH3 is 1. The molecule has 1 unspecified atom stereocenters. The van der Waals surface area contributed by atoms with Gasteiger partial charge in [-0.2, -0.15) is 0 Å². The van der Waals surface area contributed by atoms with Crippen LogP contribution in [-0.4, -0.2) is 25.5 Å². The van der Waals surface area contributed by atoms with Gasteiger partial charge < -0.3 is 10.1 Å². The third-order valence-electron chi connectivity index (χ3n) is 4.63. The Hall–Kier alpha value is -2.21. The van der Waals surface area contributed by atoms with Crippen molar-refractivity contribution < 1.29 is 18.7 Å². The maximum absolute atomic E-state index is 14.2. The number of amides is 1. The molecule has 1 heterocycles. The Balaban J connectivity index is 1.81. The van der Waals surface area contributed by atoms with Crippen molar-refractivity contribution in [2.45, 2.75) is 31.1 Å². The Kier molecular flexibility index (Phi) is 4.90. The molecular weight excluding hydrogens is 341 g/mol. The summed E-state index contributed by atoms with van der Waals surface area (Å²) in [5.74, 6) is -0.861. The summed E-state index contributed by atoms with van der Waals surface area (Å²) in [6.45, 7) is 1.54. The summed E-state index contributed by atoms with van der Waals surface area (Å²) >= 11 is 1.39. The molecule has 2 aromatic rings. The van der Waals surface area contributed by atoms with Crippen LogP contribution >= 0.6 is 11.3 Å². The summed E-state index contributed by atoms with van der Waals surface area (Å²) in [4.78, 5) is 25.6. The van der Waals surface area contributed by atoms with Crippen LogP contribution in [-0.2, 0) is 14.9 Å². The minimum Gasteiger partial charge on any atom is -0.468 e. The highest BCUT2D eigenvalue weighted by molar-refractivity contribution is 7.12. The molecule has 3 rings (SSSR count). The highest BCUT2D eigenvalue weighted by atomic mass is 32.1. The number of nitrogens with one attached hydrogen (secondary N) is 1. The van der Waals surface area contributed by atoms with E-state index in [1.54, 1.807) is 25.1 Å². The minimum absolute atomic E-state index is 0.0402. The van der Waals surface area contributed by atoms with Crippen molar-refractivity contribution >= 4 is 23.2 Å². The number of hydrogen-bond donors (Lipinski definition) is 1. The maximum Gasteiger partial charge on any atom is 0.317 e. The van der Waals surface area contributed by atoms with Gasteiger partial charge in [0.15, 0.2) is 0 Å². The molecule has 0 aliphatic heterocycles. The monoisotopic (exact) mass is 361 g/mol. The molecule has 1 aliphatic carbocycles. The van der Waals surface area contributed by atoms with Gasteiger partial charge in [-0.1, -0.05) is 18.2 Å². The molecule has 132 valence electrons. The van der Waals surface area contributed by atoms with E-state index in [0.717, 1.165) is 18.4 Å². The minimum atomic E-state index is -1.30. The van der Waals surface area contributed by atoms with Crippen molar-refractivity contribution in [1.82, 2.24) is 5.32 Å². The Morgan fingerprint density at radius 2 is 2.04 bits per heavy atom. The van der Waals surface area contributed by atoms with Gasteiger partial charge in [0.1, 0.15) is 11.2 Å². The SMILES string of the molecule is COC(=O)C(C)(CNC(=O)c1sccc1C1CC1)c1ccccc1F. The fourth-order valence-corrected chi connectivity index (χ4v) is 3.87. The molecule has 0 radical (unpaired) electrons. The molecule has 1 amide bonds. The van der Waals surface area contributed by atoms with Gasteiger partial charge in [-0.15, -0.1) is 11.3 Å². The van der Waals surface area contributed by atoms with E-state index in [1.807, 2.05) is 11.4 Å². The first kappa shape index (κ1) is 17.6. The average Bonchev–Trinajstić information content (AvgIpc) is 3.35. The van der Waals surface area contributed by atoms with Gasteiger partial charge in [-0.3, -0.25) is 9.59 Å². The lowest BCUT2D eigenvalue weighted by Gasteiger charge is -2.27. The molecule has 1 fully saturated rings. The molecule has 6 heteroatoms. The predicted molar refractivity (Wildman–Crippen MR) is 94.4 cm³/mol. The van der Waals surface area contributed by atoms with Crippen LogP contribution < -0.4 is 5.32 Å². The zero-order chi connectivity index (χ0) is 18.0. The van der Waals surface area contributed by atoms with Crippen molar-refractivity contribution in [3.05, 3.63) is 57.5 Å². The Bertz CT molecular complexity index is 799. The van der Waals surface area contributed by atoms with Crippen LogP contribution in [0.1, 0.15) is 46.5 Å². The summed E-state index contributed by atoms with van der Waals surface area (Å²) in [6.07, 6.45) is 2.21. The maximum atomic E-state index is 14.2. The van der Waals surface area contributed by atoms with E-state index in [0.29, 0.717) is 10.8 Å². The van der Waals surface area contributed by atoms with Gasteiger partial charge in [-0.25, -0.2) is 4.39 Å². The van der Waals surface area contributed by atoms with Crippen molar-refractivity contribution in [3.8, 4) is 0 Å². The van der Waals surface area contributed by atoms with Gasteiger partial charge in [0.2, 0.25) is 0 Å². The Morgan fingerprint density at radius 1 is 1.32 bits per heavy atom. The number of thiophene rings is 1. The zero-order valence-corrected chi connectivity index (χ0v) is 15.0. The number of ether oxygens (including phenoxy) is 1. The van der Waals surface area contributed by atoms with Crippen molar-refractivity contribution in [3.63, 3.8) is 0 Å². The third-order valence-corrected chi connectivity index (χ3v) is 5.55. The second-order valence-electron chi connectivity index (χ2n) is 6.47. The topological polar surface area (TPSA) is 55.4 Å². The van der Waals surface area contributed by atoms with Crippen LogP contribution in [0.5, 0.6) is 0 Å². The summed E-state index contributed by atoms with van der Waals surface area (Å²) in [6, 6.07) is 8.03. The highest BCUT2D eigenvalue weighted by Gasteiger charge is 2.39. The van der Waals surface area contributed by atoms with Crippen molar-refractivity contribution in [1.29, 1.82) is 0 Å². The van der Waals surface area contributed by atoms with E-state index in [9.17, 15) is 14.0 Å². The molecular formula is C19H20FNO3S. The average molecular weight is 361 g/mol. The lowest BCUT2D eigenvalue weighted by atomic mass is 9.82. The van der Waals surface area contributed by atoms with Crippen LogP contribution in [0.4, 0.5) is 4.39 Å². The van der Waals surface area contributed by atoms with Crippen LogP contribution in [0.3, 0.4) is 0 Å². The van der Waals surface area contributed by atoms with E-state index in [1.165, 1.54) is 24.5 Å². The number of halogens is 1. The third kappa shape index (κ3) is 3.44. The number of carbonyl (C=O) groups is 2. The van der Waals surface area contributed by atoms with E-state index in [-0.39, 0.29) is 18.0 Å². The summed E-state index contributed by atoms with van der Waals surface area (Å²) in [5, 5.41) is 4.70. The molecule has 1 saturated carbocycles. The lowest BCUT2D eigenvalue weighted by molar-refractivity contribution is -0.146. The first-order valence-corrected chi connectivity index (χ1v) is 9.04. The molecule has 1 aliphatic rings. The van der Waals surface area contributed by atoms with Gasteiger partial charge in [0.25, 0.3) is 5.91 Å². The van der Waals surface area contributed by atoms with Crippen molar-refractivity contribution in [2.75, 3.05) is 13.7 Å². The Morgan fingerprint density at radius 3 is 2.68 bits per heavy atom. The molecule has 4 nitrogen and oxygen atoms in total. The normalized spacial score (nSPS) is 16.1. The predicted octanol–water partition coefficient (Wildman–Crippen LogP) is 3.63. The second kappa shape index (κ2) is 6.96. The first-order chi connectivity index (χ1) is 12.0. The van der Waals surface area contributed by atoms with E-state index in [4.69, 9.17) is 4.74 Å². The van der Waals surface area contributed by atoms with Crippen LogP contribution in [0, 0.1) is 5.82 Å². The summed E-state index contributed by atoms with van der Waals surface area (Å²) in [5.41, 5.74) is -0.0313. The van der Waals surface area contributed by atoms with Gasteiger partial charge >= 0.3 is 5.97 Å². The van der Waals surface area contributed by atoms with Gasteiger partial charge in [0, 0.05) is 12.1 Å². The summed E-state index contributed by atoms with van der Waals surface area (Å²) < 4.78 is 19.1. The van der Waals surface area contributed by atoms with E-state index < -0.39 is 17.2 Å². The quantitative estimate of drug-likeness (QED) is 0.800. The molecule has 1 aromatic carbocycles. The van der Waals surface area contributed by atoms with Gasteiger partial charge in [-0.05, 0) is 48.8 Å². The van der Waals surface area contributed by atoms with Gasteiger partial charge in [0.05, 0.1) is 12.0 Å². The number of benzene rings is 1. The smallest absolute Gasteiger partial charge is 0.317 e. The molecule has 1 N–H and O–H groups in total. The largest absolute Gasteiger partial charge is 0.468 e. The molecule has 25 heavy (non-hydrogen) atoms. The fraction of sp³-hybridized carbons (Fsp3) is 0.368. The fourth-order valence-electron chi connectivity index (χ4n) is 2.97. The van der Waals surface area contributed by atoms with Crippen LogP contribution in [0.25, 0.3) is 0 Å². The number of esters is 1. The molecule has 0 spiro atoms. The molecule has 1 atom stereocenters. The Labute approximate surface area is 150 Å². The second-order valence-corrected chi connectivity index (χ2v) is 7.38. The van der Waals surface area contributed by atoms with Crippen molar-refractivity contribution in [2.24, 2.45) is 0 Å². The van der Waals surface area contributed by atoms with E-state index >= 15 is 0 Å². The highest BCUT2D eigenvalue weighted by Crippen LogP contribution is 2.43. The number of hydrogen-bond acceptors (Lipinski definition) is 4.